The van der Waals surface area contributed by atoms with Gasteiger partial charge in [-0.15, -0.1) is 6.58 Å². The maximum absolute atomic E-state index is 5.61. The minimum Gasteiger partial charge on any atom is -0.271 e. The summed E-state index contributed by atoms with van der Waals surface area (Å²) in [7, 11) is 0. The predicted octanol–water partition coefficient (Wildman–Crippen LogP) is 4.09. The van der Waals surface area contributed by atoms with Crippen molar-refractivity contribution in [2.45, 2.75) is 38.1 Å². The molecule has 1 aromatic rings. The molecule has 17 heavy (non-hydrogen) atoms. The zero-order valence-corrected chi connectivity index (χ0v) is 11.7. The molecule has 3 heteroatoms. The van der Waals surface area contributed by atoms with Gasteiger partial charge in [-0.05, 0) is 37.0 Å². The van der Waals surface area contributed by atoms with Crippen LogP contribution in [-0.2, 0) is 0 Å². The first-order valence-corrected chi connectivity index (χ1v) is 6.89. The van der Waals surface area contributed by atoms with Crippen LogP contribution in [0.4, 0.5) is 0 Å². The Balaban J connectivity index is 2.40. The van der Waals surface area contributed by atoms with Crippen LogP contribution in [0.3, 0.4) is 0 Å². The van der Waals surface area contributed by atoms with Gasteiger partial charge in [0.15, 0.2) is 0 Å². The van der Waals surface area contributed by atoms with Gasteiger partial charge in [0.25, 0.3) is 0 Å². The van der Waals surface area contributed by atoms with E-state index >= 15 is 0 Å². The van der Waals surface area contributed by atoms with E-state index < -0.39 is 0 Å². The SMILES string of the molecule is C=CCCCCCC(NN)c1cccc(Br)c1. The van der Waals surface area contributed by atoms with Crippen LogP contribution >= 0.6 is 15.9 Å². The summed E-state index contributed by atoms with van der Waals surface area (Å²) in [5, 5.41) is 0. The van der Waals surface area contributed by atoms with E-state index in [0.29, 0.717) is 0 Å². The van der Waals surface area contributed by atoms with Gasteiger partial charge >= 0.3 is 0 Å². The van der Waals surface area contributed by atoms with E-state index in [-0.39, 0.29) is 6.04 Å². The molecule has 0 fully saturated rings. The quantitative estimate of drug-likeness (QED) is 0.328. The number of hydrogen-bond acceptors (Lipinski definition) is 2. The van der Waals surface area contributed by atoms with Crippen LogP contribution in [0.2, 0.25) is 0 Å². The number of nitrogens with two attached hydrogens (primary N) is 1. The molecule has 1 rings (SSSR count). The average Bonchev–Trinajstić information content (AvgIpc) is 2.34. The van der Waals surface area contributed by atoms with E-state index in [9.17, 15) is 0 Å². The highest BCUT2D eigenvalue weighted by Crippen LogP contribution is 2.22. The third-order valence-corrected chi connectivity index (χ3v) is 3.35. The van der Waals surface area contributed by atoms with Gasteiger partial charge in [0, 0.05) is 10.5 Å². The highest BCUT2D eigenvalue weighted by atomic mass is 79.9. The molecule has 0 bridgehead atoms. The summed E-state index contributed by atoms with van der Waals surface area (Å²) >= 11 is 3.48. The van der Waals surface area contributed by atoms with Crippen LogP contribution in [-0.4, -0.2) is 0 Å². The van der Waals surface area contributed by atoms with Crippen molar-refractivity contribution in [3.63, 3.8) is 0 Å². The number of hydrogen-bond donors (Lipinski definition) is 2. The third-order valence-electron chi connectivity index (χ3n) is 2.85. The van der Waals surface area contributed by atoms with Crippen molar-refractivity contribution in [1.82, 2.24) is 5.43 Å². The molecular formula is C14H21BrN2. The first kappa shape index (κ1) is 14.4. The topological polar surface area (TPSA) is 38.0 Å². The van der Waals surface area contributed by atoms with Crippen molar-refractivity contribution in [3.8, 4) is 0 Å². The Morgan fingerprint density at radius 1 is 1.35 bits per heavy atom. The molecule has 0 aromatic heterocycles. The monoisotopic (exact) mass is 296 g/mol. The lowest BCUT2D eigenvalue weighted by Crippen LogP contribution is -2.27. The van der Waals surface area contributed by atoms with Gasteiger partial charge in [0.1, 0.15) is 0 Å². The molecule has 0 amide bonds. The molecule has 0 aliphatic heterocycles. The van der Waals surface area contributed by atoms with Crippen molar-refractivity contribution in [1.29, 1.82) is 0 Å². The van der Waals surface area contributed by atoms with Crippen molar-refractivity contribution >= 4 is 15.9 Å². The summed E-state index contributed by atoms with van der Waals surface area (Å²) < 4.78 is 1.10. The first-order chi connectivity index (χ1) is 8.27. The summed E-state index contributed by atoms with van der Waals surface area (Å²) in [6.07, 6.45) is 7.81. The maximum atomic E-state index is 5.61. The fourth-order valence-electron chi connectivity index (χ4n) is 1.88. The van der Waals surface area contributed by atoms with Gasteiger partial charge in [-0.3, -0.25) is 11.3 Å². The third kappa shape index (κ3) is 5.48. The van der Waals surface area contributed by atoms with Crippen LogP contribution < -0.4 is 11.3 Å². The van der Waals surface area contributed by atoms with Crippen molar-refractivity contribution in [2.75, 3.05) is 0 Å². The molecule has 1 unspecified atom stereocenters. The Labute approximate surface area is 112 Å². The number of unbranched alkanes of at least 4 members (excludes halogenated alkanes) is 3. The van der Waals surface area contributed by atoms with E-state index in [1.165, 1.54) is 24.8 Å². The second-order valence-electron chi connectivity index (χ2n) is 4.20. The highest BCUT2D eigenvalue weighted by molar-refractivity contribution is 9.10. The fraction of sp³-hybridized carbons (Fsp3) is 0.429. The minimum atomic E-state index is 0.247. The number of halogens is 1. The highest BCUT2D eigenvalue weighted by Gasteiger charge is 2.08. The lowest BCUT2D eigenvalue weighted by Gasteiger charge is -2.16. The molecule has 0 saturated heterocycles. The minimum absolute atomic E-state index is 0.247. The van der Waals surface area contributed by atoms with Crippen LogP contribution in [0.25, 0.3) is 0 Å². The molecule has 0 saturated carbocycles. The van der Waals surface area contributed by atoms with Gasteiger partial charge in [0.2, 0.25) is 0 Å². The van der Waals surface area contributed by atoms with Gasteiger partial charge in [-0.2, -0.15) is 0 Å². The molecule has 0 aliphatic rings. The van der Waals surface area contributed by atoms with Gasteiger partial charge in [0.05, 0.1) is 0 Å². The Morgan fingerprint density at radius 2 is 2.18 bits per heavy atom. The number of rotatable bonds is 8. The van der Waals surface area contributed by atoms with E-state index in [2.05, 4.69) is 40.1 Å². The molecule has 3 N–H and O–H groups in total. The Kier molecular flexibility index (Phi) is 7.17. The van der Waals surface area contributed by atoms with Crippen molar-refractivity contribution in [3.05, 3.63) is 47.0 Å². The standard InChI is InChI=1S/C14H21BrN2/c1-2-3-4-5-6-10-14(17-16)12-8-7-9-13(15)11-12/h2,7-9,11,14,17H,1,3-6,10,16H2. The number of hydrazine groups is 1. The molecular weight excluding hydrogens is 276 g/mol. The normalized spacial score (nSPS) is 12.4. The number of allylic oxidation sites excluding steroid dienone is 1. The smallest absolute Gasteiger partial charge is 0.0460 e. The molecule has 94 valence electrons. The predicted molar refractivity (Wildman–Crippen MR) is 77.5 cm³/mol. The van der Waals surface area contributed by atoms with Gasteiger partial charge < -0.3 is 0 Å². The number of benzene rings is 1. The second kappa shape index (κ2) is 8.45. The first-order valence-electron chi connectivity index (χ1n) is 6.10. The van der Waals surface area contributed by atoms with Crippen LogP contribution in [0.1, 0.15) is 43.7 Å². The fourth-order valence-corrected chi connectivity index (χ4v) is 2.30. The average molecular weight is 297 g/mol. The summed E-state index contributed by atoms with van der Waals surface area (Å²) in [4.78, 5) is 0. The molecule has 2 nitrogen and oxygen atoms in total. The van der Waals surface area contributed by atoms with Crippen LogP contribution in [0.5, 0.6) is 0 Å². The summed E-state index contributed by atoms with van der Waals surface area (Å²) in [6, 6.07) is 8.55. The van der Waals surface area contributed by atoms with E-state index in [4.69, 9.17) is 5.84 Å². The molecule has 0 heterocycles. The second-order valence-corrected chi connectivity index (χ2v) is 5.12. The largest absolute Gasteiger partial charge is 0.271 e. The number of nitrogens with one attached hydrogen (secondary N) is 1. The summed E-state index contributed by atoms with van der Waals surface area (Å²) in [5.41, 5.74) is 4.14. The summed E-state index contributed by atoms with van der Waals surface area (Å²) in [5.74, 6) is 5.61. The Hall–Kier alpha value is -0.640. The van der Waals surface area contributed by atoms with Crippen LogP contribution in [0, 0.1) is 0 Å². The van der Waals surface area contributed by atoms with Gasteiger partial charge in [-0.25, -0.2) is 0 Å². The zero-order chi connectivity index (χ0) is 12.5. The van der Waals surface area contributed by atoms with Crippen LogP contribution in [0.15, 0.2) is 41.4 Å². The summed E-state index contributed by atoms with van der Waals surface area (Å²) in [6.45, 7) is 3.73. The zero-order valence-electron chi connectivity index (χ0n) is 10.2. The molecule has 0 spiro atoms. The Morgan fingerprint density at radius 3 is 2.82 bits per heavy atom. The van der Waals surface area contributed by atoms with E-state index in [0.717, 1.165) is 17.3 Å². The lowest BCUT2D eigenvalue weighted by atomic mass is 10.0. The van der Waals surface area contributed by atoms with E-state index in [1.807, 2.05) is 18.2 Å². The van der Waals surface area contributed by atoms with Crippen molar-refractivity contribution < 1.29 is 0 Å². The Bertz CT molecular complexity index is 339. The van der Waals surface area contributed by atoms with Crippen molar-refractivity contribution in [2.24, 2.45) is 5.84 Å². The molecule has 0 radical (unpaired) electrons. The lowest BCUT2D eigenvalue weighted by molar-refractivity contribution is 0.484. The van der Waals surface area contributed by atoms with E-state index in [1.54, 1.807) is 0 Å². The molecule has 1 aromatic carbocycles. The maximum Gasteiger partial charge on any atom is 0.0460 e. The molecule has 0 aliphatic carbocycles. The van der Waals surface area contributed by atoms with Gasteiger partial charge in [-0.1, -0.05) is 47.0 Å². The molecule has 1 atom stereocenters.